The summed E-state index contributed by atoms with van der Waals surface area (Å²) in [7, 11) is 1.75. The van der Waals surface area contributed by atoms with Crippen LogP contribution < -0.4 is 0 Å². The number of hydrogen-bond donors (Lipinski definition) is 1. The summed E-state index contributed by atoms with van der Waals surface area (Å²) in [5, 5.41) is 0. The van der Waals surface area contributed by atoms with Crippen molar-refractivity contribution >= 4 is 12.6 Å². The highest BCUT2D eigenvalue weighted by Crippen LogP contribution is 2.46. The molecule has 0 aromatic heterocycles. The highest BCUT2D eigenvalue weighted by atomic mass is 32.1. The highest BCUT2D eigenvalue weighted by molar-refractivity contribution is 7.80. The second-order valence-corrected chi connectivity index (χ2v) is 4.06. The van der Waals surface area contributed by atoms with Gasteiger partial charge in [-0.2, -0.15) is 12.6 Å². The molecule has 0 aromatic rings. The number of thiol groups is 1. The molecule has 0 atom stereocenters. The fourth-order valence-electron chi connectivity index (χ4n) is 1.42. The molecule has 1 nitrogen and oxygen atoms in total. The first-order valence-electron chi connectivity index (χ1n) is 4.15. The molecule has 0 unspecified atom stereocenters. The van der Waals surface area contributed by atoms with Crippen LogP contribution in [0, 0.1) is 5.41 Å². The number of halogens is 2. The van der Waals surface area contributed by atoms with Gasteiger partial charge in [0.2, 0.25) is 0 Å². The molecular weight excluding hydrogens is 180 g/mol. The van der Waals surface area contributed by atoms with E-state index in [2.05, 4.69) is 12.6 Å². The van der Waals surface area contributed by atoms with Crippen LogP contribution in [0.4, 0.5) is 8.78 Å². The van der Waals surface area contributed by atoms with Crippen molar-refractivity contribution in [2.45, 2.75) is 19.3 Å². The largest absolute Gasteiger partial charge is 0.300 e. The monoisotopic (exact) mass is 195 g/mol. The van der Waals surface area contributed by atoms with Gasteiger partial charge in [0, 0.05) is 6.54 Å². The van der Waals surface area contributed by atoms with Gasteiger partial charge in [-0.3, -0.25) is 0 Å². The molecule has 0 heterocycles. The van der Waals surface area contributed by atoms with Crippen LogP contribution in [0.5, 0.6) is 0 Å². The summed E-state index contributed by atoms with van der Waals surface area (Å²) in [6, 6.07) is 0. The third-order valence-electron chi connectivity index (χ3n) is 2.35. The molecule has 1 fully saturated rings. The third kappa shape index (κ3) is 2.90. The van der Waals surface area contributed by atoms with Crippen LogP contribution in [0.3, 0.4) is 0 Å². The standard InChI is InChI=1S/C8H15F2NS/c1-11(4-7(9)10)5-8(6-12)2-3-8/h7,12H,2-6H2,1H3. The Kier molecular flexibility index (Phi) is 3.35. The maximum Gasteiger partial charge on any atom is 0.251 e. The maximum atomic E-state index is 11.9. The predicted octanol–water partition coefficient (Wildman–Crippen LogP) is 1.89. The fourth-order valence-corrected chi connectivity index (χ4v) is 1.83. The Bertz CT molecular complexity index is 148. The summed E-state index contributed by atoms with van der Waals surface area (Å²) in [5.41, 5.74) is 0.257. The topological polar surface area (TPSA) is 3.24 Å². The summed E-state index contributed by atoms with van der Waals surface area (Å²) < 4.78 is 23.8. The second kappa shape index (κ2) is 3.92. The van der Waals surface area contributed by atoms with Crippen molar-refractivity contribution in [3.8, 4) is 0 Å². The lowest BCUT2D eigenvalue weighted by atomic mass is 10.1. The average Bonchev–Trinajstić information content (AvgIpc) is 2.67. The number of hydrogen-bond acceptors (Lipinski definition) is 2. The van der Waals surface area contributed by atoms with Gasteiger partial charge in [0.25, 0.3) is 6.43 Å². The summed E-state index contributed by atoms with van der Waals surface area (Å²) in [5.74, 6) is 0.820. The molecule has 0 saturated heterocycles. The van der Waals surface area contributed by atoms with E-state index < -0.39 is 6.43 Å². The Morgan fingerprint density at radius 3 is 2.42 bits per heavy atom. The highest BCUT2D eigenvalue weighted by Gasteiger charge is 2.41. The minimum absolute atomic E-state index is 0.116. The Labute approximate surface area is 77.5 Å². The summed E-state index contributed by atoms with van der Waals surface area (Å²) in [6.45, 7) is 0.649. The van der Waals surface area contributed by atoms with Crippen molar-refractivity contribution in [2.24, 2.45) is 5.41 Å². The van der Waals surface area contributed by atoms with Crippen LogP contribution in [0.15, 0.2) is 0 Å². The first kappa shape index (κ1) is 10.3. The van der Waals surface area contributed by atoms with E-state index in [0.717, 1.165) is 25.1 Å². The fraction of sp³-hybridized carbons (Fsp3) is 1.00. The average molecular weight is 195 g/mol. The molecule has 1 rings (SSSR count). The molecular formula is C8H15F2NS. The normalized spacial score (nSPS) is 20.5. The summed E-state index contributed by atoms with van der Waals surface area (Å²) in [4.78, 5) is 1.70. The van der Waals surface area contributed by atoms with E-state index in [1.54, 1.807) is 11.9 Å². The van der Waals surface area contributed by atoms with Crippen molar-refractivity contribution in [3.63, 3.8) is 0 Å². The molecule has 12 heavy (non-hydrogen) atoms. The molecule has 0 spiro atoms. The minimum atomic E-state index is -2.22. The SMILES string of the molecule is CN(CC(F)F)CC1(CS)CC1. The minimum Gasteiger partial charge on any atom is -0.300 e. The smallest absolute Gasteiger partial charge is 0.251 e. The van der Waals surface area contributed by atoms with Gasteiger partial charge in [-0.15, -0.1) is 0 Å². The van der Waals surface area contributed by atoms with E-state index in [-0.39, 0.29) is 12.0 Å². The van der Waals surface area contributed by atoms with Crippen molar-refractivity contribution in [1.29, 1.82) is 0 Å². The Morgan fingerprint density at radius 2 is 2.08 bits per heavy atom. The lowest BCUT2D eigenvalue weighted by Gasteiger charge is -2.21. The van der Waals surface area contributed by atoms with Gasteiger partial charge in [0.05, 0.1) is 6.54 Å². The van der Waals surface area contributed by atoms with Crippen LogP contribution in [0.2, 0.25) is 0 Å². The van der Waals surface area contributed by atoms with Crippen LogP contribution in [0.1, 0.15) is 12.8 Å². The van der Waals surface area contributed by atoms with Gasteiger partial charge < -0.3 is 4.90 Å². The molecule has 4 heteroatoms. The summed E-state index contributed by atoms with van der Waals surface area (Å²) in [6.07, 6.45) is 0.0689. The molecule has 1 aliphatic rings. The lowest BCUT2D eigenvalue weighted by Crippen LogP contribution is -2.31. The molecule has 0 N–H and O–H groups in total. The number of nitrogens with zero attached hydrogens (tertiary/aromatic N) is 1. The quantitative estimate of drug-likeness (QED) is 0.656. The van der Waals surface area contributed by atoms with Crippen LogP contribution in [-0.2, 0) is 0 Å². The molecule has 72 valence electrons. The molecule has 0 aromatic carbocycles. The van der Waals surface area contributed by atoms with E-state index >= 15 is 0 Å². The third-order valence-corrected chi connectivity index (χ3v) is 3.02. The number of rotatable bonds is 5. The van der Waals surface area contributed by atoms with Gasteiger partial charge in [0.15, 0.2) is 0 Å². The number of alkyl halides is 2. The Balaban J connectivity index is 2.21. The molecule has 0 bridgehead atoms. The zero-order valence-corrected chi connectivity index (χ0v) is 8.16. The Hall–Kier alpha value is 0.170. The first-order valence-corrected chi connectivity index (χ1v) is 4.79. The van der Waals surface area contributed by atoms with Crippen LogP contribution >= 0.6 is 12.6 Å². The zero-order valence-electron chi connectivity index (χ0n) is 7.26. The molecule has 0 amide bonds. The van der Waals surface area contributed by atoms with Crippen molar-refractivity contribution in [2.75, 3.05) is 25.9 Å². The van der Waals surface area contributed by atoms with Gasteiger partial charge in [0.1, 0.15) is 0 Å². The Morgan fingerprint density at radius 1 is 1.50 bits per heavy atom. The molecule has 0 radical (unpaired) electrons. The van der Waals surface area contributed by atoms with E-state index in [9.17, 15) is 8.78 Å². The molecule has 1 aliphatic carbocycles. The van der Waals surface area contributed by atoms with Gasteiger partial charge in [-0.05, 0) is 31.1 Å². The van der Waals surface area contributed by atoms with Crippen molar-refractivity contribution in [1.82, 2.24) is 4.90 Å². The van der Waals surface area contributed by atoms with E-state index in [1.807, 2.05) is 0 Å². The second-order valence-electron chi connectivity index (χ2n) is 3.75. The van der Waals surface area contributed by atoms with Gasteiger partial charge in [-0.1, -0.05) is 0 Å². The van der Waals surface area contributed by atoms with E-state index in [4.69, 9.17) is 0 Å². The van der Waals surface area contributed by atoms with Gasteiger partial charge >= 0.3 is 0 Å². The zero-order chi connectivity index (χ0) is 9.19. The van der Waals surface area contributed by atoms with Crippen LogP contribution in [0.25, 0.3) is 0 Å². The van der Waals surface area contributed by atoms with E-state index in [0.29, 0.717) is 0 Å². The van der Waals surface area contributed by atoms with Gasteiger partial charge in [-0.25, -0.2) is 8.78 Å². The first-order chi connectivity index (χ1) is 5.58. The molecule has 0 aliphatic heterocycles. The van der Waals surface area contributed by atoms with Crippen molar-refractivity contribution < 1.29 is 8.78 Å². The molecule has 1 saturated carbocycles. The summed E-state index contributed by atoms with van der Waals surface area (Å²) >= 11 is 4.21. The van der Waals surface area contributed by atoms with E-state index in [1.165, 1.54) is 0 Å². The van der Waals surface area contributed by atoms with Crippen LogP contribution in [-0.4, -0.2) is 37.2 Å². The maximum absolute atomic E-state index is 11.9. The lowest BCUT2D eigenvalue weighted by molar-refractivity contribution is 0.0929. The predicted molar refractivity (Wildman–Crippen MR) is 49.0 cm³/mol. The van der Waals surface area contributed by atoms with Crippen molar-refractivity contribution in [3.05, 3.63) is 0 Å².